The van der Waals surface area contributed by atoms with E-state index in [-0.39, 0.29) is 11.1 Å². The lowest BCUT2D eigenvalue weighted by molar-refractivity contribution is 0.431. The number of rotatable bonds is 1. The van der Waals surface area contributed by atoms with E-state index in [9.17, 15) is 8.22 Å². The van der Waals surface area contributed by atoms with E-state index in [1.807, 2.05) is 72.8 Å². The van der Waals surface area contributed by atoms with Crippen molar-refractivity contribution in [2.75, 3.05) is 0 Å². The van der Waals surface area contributed by atoms with Crippen molar-refractivity contribution in [3.05, 3.63) is 264 Å². The fourth-order valence-electron chi connectivity index (χ4n) is 12.5. The molecule has 71 heavy (non-hydrogen) atoms. The molecule has 332 valence electrons. The van der Waals surface area contributed by atoms with E-state index in [2.05, 4.69) is 152 Å². The Morgan fingerprint density at radius 1 is 0.324 bits per heavy atom. The summed E-state index contributed by atoms with van der Waals surface area (Å²) >= 11 is 1.51. The molecule has 1 spiro atoms. The van der Waals surface area contributed by atoms with Crippen LogP contribution in [0.3, 0.4) is 0 Å². The zero-order chi connectivity index (χ0) is 52.0. The molecule has 0 N–H and O–H groups in total. The lowest BCUT2D eigenvalue weighted by atomic mass is 9.63. The van der Waals surface area contributed by atoms with Gasteiger partial charge in [-0.25, -0.2) is 0 Å². The molecular weight excluding hydrogens is 877 g/mol. The monoisotopic (exact) mass is 926 g/mol. The Balaban J connectivity index is 1.14. The van der Waals surface area contributed by atoms with Crippen LogP contribution in [0.15, 0.2) is 240 Å². The fourth-order valence-corrected chi connectivity index (χ4v) is 13.8. The first-order valence-electron chi connectivity index (χ1n) is 27.2. The van der Waals surface area contributed by atoms with E-state index in [0.717, 1.165) is 103 Å². The molecule has 15 rings (SSSR count). The van der Waals surface area contributed by atoms with Crippen LogP contribution >= 0.6 is 11.8 Å². The van der Waals surface area contributed by atoms with Gasteiger partial charge in [-0.3, -0.25) is 0 Å². The predicted molar refractivity (Wildman–Crippen MR) is 302 cm³/mol. The summed E-state index contributed by atoms with van der Waals surface area (Å²) in [6.45, 7) is -5.31. The Morgan fingerprint density at radius 2 is 0.690 bits per heavy atom. The number of hydrogen-bond acceptors (Lipinski definition) is 2. The van der Waals surface area contributed by atoms with Crippen LogP contribution in [0, 0.1) is 13.7 Å². The van der Waals surface area contributed by atoms with Gasteiger partial charge in [0.1, 0.15) is 11.5 Å². The summed E-state index contributed by atoms with van der Waals surface area (Å²) in [6, 6.07) is 79.4. The van der Waals surface area contributed by atoms with Gasteiger partial charge in [-0.05, 0) is 170 Å². The maximum atomic E-state index is 9.48. The van der Waals surface area contributed by atoms with Crippen molar-refractivity contribution >= 4 is 97.9 Å². The van der Waals surface area contributed by atoms with Gasteiger partial charge in [0, 0.05) is 29.1 Å². The molecular formula is C69H44OS. The first-order valence-corrected chi connectivity index (χ1v) is 25.0. The summed E-state index contributed by atoms with van der Waals surface area (Å²) in [7, 11) is 0. The molecule has 0 radical (unpaired) electrons. The number of ether oxygens (including phenoxy) is 1. The molecule has 0 unspecified atom stereocenters. The van der Waals surface area contributed by atoms with Crippen LogP contribution in [-0.2, 0) is 5.41 Å². The van der Waals surface area contributed by atoms with Gasteiger partial charge in [-0.1, -0.05) is 206 Å². The predicted octanol–water partition coefficient (Wildman–Crippen LogP) is 19.3. The first kappa shape index (κ1) is 34.8. The normalized spacial score (nSPS) is 15.0. The lowest BCUT2D eigenvalue weighted by Gasteiger charge is -2.45. The van der Waals surface area contributed by atoms with Crippen molar-refractivity contribution < 1.29 is 13.0 Å². The Labute approximate surface area is 424 Å². The van der Waals surface area contributed by atoms with Gasteiger partial charge in [-0.2, -0.15) is 0 Å². The molecule has 0 bridgehead atoms. The van der Waals surface area contributed by atoms with Crippen LogP contribution < -0.4 is 4.74 Å². The van der Waals surface area contributed by atoms with E-state index in [1.165, 1.54) is 22.5 Å². The van der Waals surface area contributed by atoms with Crippen LogP contribution in [0.25, 0.3) is 97.3 Å². The molecule has 0 atom stereocenters. The smallest absolute Gasteiger partial charge is 0.132 e. The third-order valence-corrected chi connectivity index (χ3v) is 16.6. The highest BCUT2D eigenvalue weighted by molar-refractivity contribution is 7.99. The summed E-state index contributed by atoms with van der Waals surface area (Å²) in [4.78, 5) is 1.63. The summed E-state index contributed by atoms with van der Waals surface area (Å²) in [5, 5.41) is 16.4. The van der Waals surface area contributed by atoms with Crippen molar-refractivity contribution in [1.29, 1.82) is 0 Å². The van der Waals surface area contributed by atoms with E-state index in [1.54, 1.807) is 6.07 Å². The van der Waals surface area contributed by atoms with Crippen molar-refractivity contribution in [3.8, 4) is 22.6 Å². The molecule has 0 fully saturated rings. The molecule has 13 aromatic rings. The van der Waals surface area contributed by atoms with Crippen molar-refractivity contribution in [1.82, 2.24) is 0 Å². The summed E-state index contributed by atoms with van der Waals surface area (Å²) < 4.78 is 63.0. The molecule has 2 heterocycles. The lowest BCUT2D eigenvalue weighted by Crippen LogP contribution is -2.37. The van der Waals surface area contributed by atoms with Crippen molar-refractivity contribution in [2.45, 2.75) is 28.9 Å². The minimum absolute atomic E-state index is 0.0758. The number of para-hydroxylation sites is 2. The van der Waals surface area contributed by atoms with Gasteiger partial charge in [0.25, 0.3) is 0 Å². The maximum absolute atomic E-state index is 9.48. The van der Waals surface area contributed by atoms with Crippen LogP contribution in [-0.4, -0.2) is 0 Å². The zero-order valence-electron chi connectivity index (χ0n) is 44.3. The molecule has 13 aromatic carbocycles. The standard InChI is InChI=1S/C69H44OS/c1-41-35-36-63-68(71-66-34-18-15-31-62(66)69(63)60-29-13-16-32-64(60)70-65-33-17-14-30-61(65)69)67(41)53-38-55-51-27-11-12-28-52(51)59-40-57-48-24-8-6-22-46(48)44-20-4-3-19-43(44)45-21-5-7-23-47(45)56(57)39-58(59)50-26-10-9-25-49(50)54(55)37-42(53)2/h3-40H,1-2H3/i1D3,2D3. The molecule has 2 aliphatic heterocycles. The summed E-state index contributed by atoms with van der Waals surface area (Å²) in [5.74, 6) is 1.40. The van der Waals surface area contributed by atoms with Crippen molar-refractivity contribution in [2.24, 2.45) is 0 Å². The molecule has 2 aliphatic rings. The number of fused-ring (bicyclic) bond motifs is 24. The second-order valence-corrected chi connectivity index (χ2v) is 20.0. The van der Waals surface area contributed by atoms with Crippen LogP contribution in [0.1, 0.15) is 41.6 Å². The van der Waals surface area contributed by atoms with E-state index in [4.69, 9.17) is 4.74 Å². The topological polar surface area (TPSA) is 9.23 Å². The highest BCUT2D eigenvalue weighted by Gasteiger charge is 2.50. The van der Waals surface area contributed by atoms with Crippen LogP contribution in [0.4, 0.5) is 0 Å². The Bertz CT molecular complexity index is 4740. The third-order valence-electron chi connectivity index (χ3n) is 15.4. The number of benzene rings is 11. The average Bonchev–Trinajstić information content (AvgIpc) is 3.64. The quantitative estimate of drug-likeness (QED) is 0.162. The summed E-state index contributed by atoms with van der Waals surface area (Å²) in [5.41, 5.74) is 3.69. The van der Waals surface area contributed by atoms with Gasteiger partial charge in [0.15, 0.2) is 0 Å². The highest BCUT2D eigenvalue weighted by atomic mass is 32.2. The summed E-state index contributed by atoms with van der Waals surface area (Å²) in [6.07, 6.45) is 0. The molecule has 0 aromatic heterocycles. The largest absolute Gasteiger partial charge is 0.457 e. The first-order chi connectivity index (χ1) is 37.5. The molecule has 0 amide bonds. The molecule has 2 heteroatoms. The van der Waals surface area contributed by atoms with Gasteiger partial charge >= 0.3 is 0 Å². The van der Waals surface area contributed by atoms with E-state index >= 15 is 0 Å². The van der Waals surface area contributed by atoms with E-state index in [0.29, 0.717) is 27.5 Å². The molecule has 1 nitrogen and oxygen atoms in total. The van der Waals surface area contributed by atoms with E-state index < -0.39 is 19.1 Å². The molecule has 0 saturated carbocycles. The molecule has 0 aliphatic carbocycles. The van der Waals surface area contributed by atoms with Gasteiger partial charge in [0.05, 0.1) is 5.41 Å². The highest BCUT2D eigenvalue weighted by Crippen LogP contribution is 2.63. The van der Waals surface area contributed by atoms with Gasteiger partial charge < -0.3 is 4.74 Å². The average molecular weight is 927 g/mol. The van der Waals surface area contributed by atoms with Crippen LogP contribution in [0.2, 0.25) is 0 Å². The van der Waals surface area contributed by atoms with Gasteiger partial charge in [-0.15, -0.1) is 0 Å². The Kier molecular flexibility index (Phi) is 7.49. The minimum atomic E-state index is -2.68. The fraction of sp³-hybridized carbons (Fsp3) is 0.0435. The third kappa shape index (κ3) is 5.65. The molecule has 0 saturated heterocycles. The van der Waals surface area contributed by atoms with Crippen LogP contribution in [0.5, 0.6) is 11.5 Å². The zero-order valence-corrected chi connectivity index (χ0v) is 39.1. The van der Waals surface area contributed by atoms with Crippen molar-refractivity contribution in [3.63, 3.8) is 0 Å². The van der Waals surface area contributed by atoms with Gasteiger partial charge in [0.2, 0.25) is 0 Å². The maximum Gasteiger partial charge on any atom is 0.132 e. The number of aryl methyl sites for hydroxylation is 2. The number of hydrogen-bond donors (Lipinski definition) is 0. The second kappa shape index (κ2) is 15.3. The Hall–Kier alpha value is -8.43. The Morgan fingerprint density at radius 3 is 1.14 bits per heavy atom. The SMILES string of the molecule is [2H]C([2H])([2H])c1cc2c3ccccc3c3cc4c5ccccc5c5ccccc5c5ccccc5c4cc3c3ccccc3c2cc1-c1c(C([2H])([2H])[2H])ccc2c1Sc1ccccc1C21c2ccccc2Oc2ccccc21. The second-order valence-electron chi connectivity index (χ2n) is 18.9. The minimum Gasteiger partial charge on any atom is -0.457 e.